The normalized spacial score (nSPS) is 12.9. The van der Waals surface area contributed by atoms with E-state index in [9.17, 15) is 18.0 Å². The summed E-state index contributed by atoms with van der Waals surface area (Å²) in [7, 11) is -4.79. The zero-order valence-electron chi connectivity index (χ0n) is 18.5. The number of allylic oxidation sites excluding steroid dienone is 2. The van der Waals surface area contributed by atoms with Crippen LogP contribution in [-0.2, 0) is 19.7 Å². The second kappa shape index (κ2) is 18.4. The maximum absolute atomic E-state index is 11.6. The molecule has 176 valence electrons. The summed E-state index contributed by atoms with van der Waals surface area (Å²) in [4.78, 5) is 22.4. The first-order valence-corrected chi connectivity index (χ1v) is 12.9. The predicted molar refractivity (Wildman–Crippen MR) is 120 cm³/mol. The molecule has 0 spiro atoms. The van der Waals surface area contributed by atoms with Gasteiger partial charge in [-0.2, -0.15) is 8.42 Å². The summed E-state index contributed by atoms with van der Waals surface area (Å²) in [5, 5.41) is 9.14. The van der Waals surface area contributed by atoms with Crippen molar-refractivity contribution in [3.63, 3.8) is 0 Å². The van der Waals surface area contributed by atoms with Gasteiger partial charge in [0.2, 0.25) is 5.91 Å². The topological polar surface area (TPSA) is 121 Å². The van der Waals surface area contributed by atoms with Crippen molar-refractivity contribution in [1.29, 1.82) is 0 Å². The lowest BCUT2D eigenvalue weighted by Gasteiger charge is -2.09. The van der Waals surface area contributed by atoms with Crippen LogP contribution in [0.5, 0.6) is 0 Å². The van der Waals surface area contributed by atoms with Gasteiger partial charge in [0.1, 0.15) is 0 Å². The number of carboxylic acid groups (broad SMARTS) is 1. The summed E-state index contributed by atoms with van der Waals surface area (Å²) in [6.07, 6.45) is 20.4. The van der Waals surface area contributed by atoms with E-state index in [1.54, 1.807) is 0 Å². The number of carbonyl (C=O) groups is 2. The number of amides is 1. The van der Waals surface area contributed by atoms with Gasteiger partial charge >= 0.3 is 5.97 Å². The van der Waals surface area contributed by atoms with Gasteiger partial charge < -0.3 is 10.4 Å². The molecule has 0 bridgehead atoms. The van der Waals surface area contributed by atoms with Crippen LogP contribution in [0.25, 0.3) is 0 Å². The predicted octanol–water partition coefficient (Wildman–Crippen LogP) is 4.87. The molecule has 1 unspecified atom stereocenters. The number of carboxylic acids is 1. The number of hydrogen-bond acceptors (Lipinski definition) is 4. The largest absolute Gasteiger partial charge is 0.480 e. The van der Waals surface area contributed by atoms with E-state index in [0.717, 1.165) is 32.1 Å². The highest BCUT2D eigenvalue weighted by Gasteiger charge is 2.33. The van der Waals surface area contributed by atoms with Gasteiger partial charge in [-0.15, -0.1) is 0 Å². The van der Waals surface area contributed by atoms with Crippen LogP contribution in [0.1, 0.15) is 103 Å². The lowest BCUT2D eigenvalue weighted by atomic mass is 10.1. The molecule has 1 amide bonds. The Morgan fingerprint density at radius 3 is 1.77 bits per heavy atom. The molecular weight excluding hydrogens is 406 g/mol. The smallest absolute Gasteiger partial charge is 0.324 e. The van der Waals surface area contributed by atoms with Crippen molar-refractivity contribution in [2.75, 3.05) is 6.54 Å². The second-order valence-electron chi connectivity index (χ2n) is 7.83. The summed E-state index contributed by atoms with van der Waals surface area (Å²) in [5.41, 5.74) is 0. The van der Waals surface area contributed by atoms with Crippen molar-refractivity contribution in [2.45, 2.75) is 108 Å². The van der Waals surface area contributed by atoms with Crippen molar-refractivity contribution >= 4 is 22.0 Å². The Morgan fingerprint density at radius 2 is 1.30 bits per heavy atom. The monoisotopic (exact) mass is 447 g/mol. The van der Waals surface area contributed by atoms with Gasteiger partial charge in [-0.3, -0.25) is 14.1 Å². The van der Waals surface area contributed by atoms with Crippen LogP contribution in [0.3, 0.4) is 0 Å². The van der Waals surface area contributed by atoms with Gasteiger partial charge in [0, 0.05) is 6.54 Å². The van der Waals surface area contributed by atoms with Gasteiger partial charge in [-0.25, -0.2) is 0 Å². The second-order valence-corrected chi connectivity index (χ2v) is 9.43. The minimum atomic E-state index is -4.79. The molecule has 0 aromatic carbocycles. The molecule has 0 aliphatic carbocycles. The highest BCUT2D eigenvalue weighted by molar-refractivity contribution is 7.87. The third kappa shape index (κ3) is 17.4. The van der Waals surface area contributed by atoms with Crippen LogP contribution in [0.15, 0.2) is 12.2 Å². The summed E-state index contributed by atoms with van der Waals surface area (Å²) in [6, 6.07) is 0. The van der Waals surface area contributed by atoms with Crippen molar-refractivity contribution in [1.82, 2.24) is 5.32 Å². The molecule has 30 heavy (non-hydrogen) atoms. The Morgan fingerprint density at radius 1 is 0.833 bits per heavy atom. The molecule has 0 rings (SSSR count). The number of aliphatic carboxylic acids is 1. The van der Waals surface area contributed by atoms with E-state index in [-0.39, 0.29) is 0 Å². The Kier molecular flexibility index (Phi) is 17.5. The minimum Gasteiger partial charge on any atom is -0.480 e. The number of hydrogen-bond donors (Lipinski definition) is 3. The summed E-state index contributed by atoms with van der Waals surface area (Å²) in [5.74, 6) is -2.42. The summed E-state index contributed by atoms with van der Waals surface area (Å²) >= 11 is 0. The molecule has 0 heterocycles. The third-order valence-electron chi connectivity index (χ3n) is 5.02. The van der Waals surface area contributed by atoms with Crippen molar-refractivity contribution in [3.05, 3.63) is 12.2 Å². The van der Waals surface area contributed by atoms with Crippen molar-refractivity contribution < 1.29 is 27.7 Å². The molecule has 0 fully saturated rings. The standard InChI is InChI=1S/C22H41NO6S/c1-2-3-4-5-6-7-8-9-10-11-12-13-14-15-16-17-18-23-21(24)19-20(22(25)26)30(27,28)29/h9-10,20H,2-8,11-19H2,1H3,(H,23,24)(H,25,26)(H,27,28,29)/b10-9+. The van der Waals surface area contributed by atoms with Gasteiger partial charge in [0.15, 0.2) is 5.25 Å². The molecule has 8 heteroatoms. The molecule has 3 N–H and O–H groups in total. The molecule has 0 saturated carbocycles. The van der Waals surface area contributed by atoms with E-state index in [0.29, 0.717) is 6.54 Å². The van der Waals surface area contributed by atoms with Crippen LogP contribution in [0.2, 0.25) is 0 Å². The SMILES string of the molecule is CCCCCCCC/C=C/CCCCCCCCNC(=O)CC(C(=O)O)S(=O)(=O)O. The summed E-state index contributed by atoms with van der Waals surface area (Å²) < 4.78 is 30.7. The van der Waals surface area contributed by atoms with Crippen LogP contribution < -0.4 is 5.32 Å². The van der Waals surface area contributed by atoms with Gasteiger partial charge in [0.25, 0.3) is 10.1 Å². The lowest BCUT2D eigenvalue weighted by molar-refractivity contribution is -0.138. The van der Waals surface area contributed by atoms with Crippen LogP contribution in [-0.4, -0.2) is 41.7 Å². The third-order valence-corrected chi connectivity index (χ3v) is 6.10. The van der Waals surface area contributed by atoms with Crippen LogP contribution in [0, 0.1) is 0 Å². The number of carbonyl (C=O) groups excluding carboxylic acids is 1. The first-order valence-electron chi connectivity index (χ1n) is 11.4. The molecule has 7 nitrogen and oxygen atoms in total. The quantitative estimate of drug-likeness (QED) is 0.139. The fraction of sp³-hybridized carbons (Fsp3) is 0.818. The van der Waals surface area contributed by atoms with E-state index in [1.165, 1.54) is 57.8 Å². The molecular formula is C22H41NO6S. The average molecular weight is 448 g/mol. The van der Waals surface area contributed by atoms with Gasteiger partial charge in [-0.05, 0) is 32.1 Å². The maximum atomic E-state index is 11.6. The summed E-state index contributed by atoms with van der Waals surface area (Å²) in [6.45, 7) is 2.61. The average Bonchev–Trinajstić information content (AvgIpc) is 2.67. The Hall–Kier alpha value is -1.41. The van der Waals surface area contributed by atoms with Gasteiger partial charge in [-0.1, -0.05) is 76.9 Å². The zero-order valence-corrected chi connectivity index (χ0v) is 19.3. The van der Waals surface area contributed by atoms with Crippen molar-refractivity contribution in [2.24, 2.45) is 0 Å². The van der Waals surface area contributed by atoms with E-state index < -0.39 is 33.7 Å². The first-order chi connectivity index (χ1) is 14.3. The highest BCUT2D eigenvalue weighted by atomic mass is 32.2. The van der Waals surface area contributed by atoms with Crippen molar-refractivity contribution in [3.8, 4) is 0 Å². The molecule has 0 aliphatic rings. The molecule has 0 aromatic rings. The Balaban J connectivity index is 3.50. The molecule has 0 aliphatic heterocycles. The lowest BCUT2D eigenvalue weighted by Crippen LogP contribution is -2.36. The first kappa shape index (κ1) is 28.6. The fourth-order valence-electron chi connectivity index (χ4n) is 3.16. The number of nitrogens with one attached hydrogen (secondary N) is 1. The molecule has 0 saturated heterocycles. The molecule has 0 aromatic heterocycles. The number of rotatable bonds is 20. The van der Waals surface area contributed by atoms with Gasteiger partial charge in [0.05, 0.1) is 6.42 Å². The highest BCUT2D eigenvalue weighted by Crippen LogP contribution is 2.10. The van der Waals surface area contributed by atoms with Crippen LogP contribution >= 0.6 is 0 Å². The molecule has 0 radical (unpaired) electrons. The molecule has 1 atom stereocenters. The Bertz CT molecular complexity index is 588. The van der Waals surface area contributed by atoms with E-state index in [4.69, 9.17) is 9.66 Å². The van der Waals surface area contributed by atoms with E-state index in [2.05, 4.69) is 24.4 Å². The van der Waals surface area contributed by atoms with Crippen LogP contribution in [0.4, 0.5) is 0 Å². The maximum Gasteiger partial charge on any atom is 0.324 e. The van der Waals surface area contributed by atoms with E-state index >= 15 is 0 Å². The number of unbranched alkanes of at least 4 members (excludes halogenated alkanes) is 12. The fourth-order valence-corrected chi connectivity index (χ4v) is 3.78. The Labute approximate surface area is 182 Å². The van der Waals surface area contributed by atoms with E-state index in [1.807, 2.05) is 0 Å². The minimum absolute atomic E-state index is 0.373. The zero-order chi connectivity index (χ0) is 22.7.